The minimum atomic E-state index is 0. The summed E-state index contributed by atoms with van der Waals surface area (Å²) in [5.74, 6) is 0. The lowest BCUT2D eigenvalue weighted by Gasteiger charge is -2.35. The number of halogens is 1. The van der Waals surface area contributed by atoms with E-state index in [-0.39, 0.29) is 18.5 Å². The molecule has 0 atom stereocenters. The fourth-order valence-electron chi connectivity index (χ4n) is 4.33. The van der Waals surface area contributed by atoms with E-state index in [1.165, 1.54) is 36.1 Å². The lowest BCUT2D eigenvalue weighted by molar-refractivity contribution is 0.0451. The largest absolute Gasteiger partial charge is 0.367 e. The smallest absolute Gasteiger partial charge is 0.108 e. The Kier molecular flexibility index (Phi) is 10.2. The number of benzene rings is 3. The molecule has 1 saturated heterocycles. The third-order valence-electron chi connectivity index (χ3n) is 6.14. The first kappa shape index (κ1) is 24.5. The van der Waals surface area contributed by atoms with Crippen molar-refractivity contribution < 1.29 is 4.74 Å². The van der Waals surface area contributed by atoms with Crippen LogP contribution in [0.1, 0.15) is 29.2 Å². The van der Waals surface area contributed by atoms with E-state index in [4.69, 9.17) is 4.74 Å². The topological polar surface area (TPSA) is 15.7 Å². The molecule has 1 fully saturated rings. The van der Waals surface area contributed by atoms with E-state index in [0.29, 0.717) is 0 Å². The molecule has 0 bridgehead atoms. The van der Waals surface area contributed by atoms with Gasteiger partial charge in [-0.1, -0.05) is 91.0 Å². The minimum absolute atomic E-state index is 0. The van der Waals surface area contributed by atoms with E-state index in [2.05, 4.69) is 101 Å². The highest BCUT2D eigenvalue weighted by Crippen LogP contribution is 2.25. The van der Waals surface area contributed by atoms with Crippen LogP contribution >= 0.6 is 12.4 Å². The first-order chi connectivity index (χ1) is 15.4. The van der Waals surface area contributed by atoms with Crippen molar-refractivity contribution in [3.05, 3.63) is 108 Å². The summed E-state index contributed by atoms with van der Waals surface area (Å²) in [6.45, 7) is 7.54. The van der Waals surface area contributed by atoms with Gasteiger partial charge in [-0.2, -0.15) is 0 Å². The summed E-state index contributed by atoms with van der Waals surface area (Å²) >= 11 is 0. The van der Waals surface area contributed by atoms with E-state index in [1.807, 2.05) is 0 Å². The molecule has 0 saturated carbocycles. The molecular formula is C28H35ClN2O. The number of ether oxygens (including phenoxy) is 1. The molecule has 3 aromatic carbocycles. The van der Waals surface area contributed by atoms with E-state index in [9.17, 15) is 0 Å². The van der Waals surface area contributed by atoms with Crippen LogP contribution in [0.3, 0.4) is 0 Å². The highest BCUT2D eigenvalue weighted by molar-refractivity contribution is 5.85. The van der Waals surface area contributed by atoms with Gasteiger partial charge in [-0.3, -0.25) is 4.90 Å². The molecule has 0 radical (unpaired) electrons. The second-order valence-corrected chi connectivity index (χ2v) is 8.34. The molecule has 3 nitrogen and oxygen atoms in total. The molecule has 170 valence electrons. The summed E-state index contributed by atoms with van der Waals surface area (Å²) in [6, 6.07) is 31.9. The van der Waals surface area contributed by atoms with Crippen LogP contribution in [0.2, 0.25) is 0 Å². The lowest BCUT2D eigenvalue weighted by Crippen LogP contribution is -2.47. The first-order valence-corrected chi connectivity index (χ1v) is 11.6. The molecule has 1 heterocycles. The summed E-state index contributed by atoms with van der Waals surface area (Å²) < 4.78 is 6.40. The van der Waals surface area contributed by atoms with Crippen molar-refractivity contribution in [3.63, 3.8) is 0 Å². The van der Waals surface area contributed by atoms with Gasteiger partial charge >= 0.3 is 0 Å². The Morgan fingerprint density at radius 2 is 1.09 bits per heavy atom. The predicted octanol–water partition coefficient (Wildman–Crippen LogP) is 5.46. The maximum atomic E-state index is 6.40. The van der Waals surface area contributed by atoms with Gasteiger partial charge < -0.3 is 9.64 Å². The highest BCUT2D eigenvalue weighted by atomic mass is 35.5. The van der Waals surface area contributed by atoms with Crippen LogP contribution in [0.25, 0.3) is 0 Å². The maximum absolute atomic E-state index is 6.40. The average molecular weight is 451 g/mol. The van der Waals surface area contributed by atoms with E-state index >= 15 is 0 Å². The van der Waals surface area contributed by atoms with Gasteiger partial charge in [0, 0.05) is 32.7 Å². The van der Waals surface area contributed by atoms with E-state index < -0.39 is 0 Å². The zero-order valence-corrected chi connectivity index (χ0v) is 19.6. The standard InChI is InChI=1S/C28H34N2O.ClH/c1-4-11-25(12-5-1)13-10-18-29-19-21-30(22-20-29)23-24-31-28(26-14-6-2-7-15-26)27-16-8-3-9-17-27;/h1-9,11-12,14-17,28H,10,13,18-24H2;1H. The molecule has 0 unspecified atom stereocenters. The van der Waals surface area contributed by atoms with Gasteiger partial charge in [0.1, 0.15) is 6.10 Å². The normalized spacial score (nSPS) is 14.9. The molecule has 32 heavy (non-hydrogen) atoms. The quantitative estimate of drug-likeness (QED) is 0.407. The molecule has 1 aliphatic rings. The van der Waals surface area contributed by atoms with Crippen molar-refractivity contribution in [2.75, 3.05) is 45.9 Å². The van der Waals surface area contributed by atoms with Crippen LogP contribution in [-0.2, 0) is 11.2 Å². The Hall–Kier alpha value is -2.17. The number of rotatable bonds is 10. The van der Waals surface area contributed by atoms with Gasteiger partial charge in [-0.25, -0.2) is 0 Å². The molecule has 0 amide bonds. The fourth-order valence-corrected chi connectivity index (χ4v) is 4.33. The predicted molar refractivity (Wildman–Crippen MR) is 136 cm³/mol. The van der Waals surface area contributed by atoms with Gasteiger partial charge in [0.25, 0.3) is 0 Å². The third-order valence-corrected chi connectivity index (χ3v) is 6.14. The molecule has 4 heteroatoms. The van der Waals surface area contributed by atoms with E-state index in [1.54, 1.807) is 0 Å². The van der Waals surface area contributed by atoms with Gasteiger partial charge in [0.2, 0.25) is 0 Å². The molecule has 0 N–H and O–H groups in total. The van der Waals surface area contributed by atoms with Gasteiger partial charge in [0.15, 0.2) is 0 Å². The van der Waals surface area contributed by atoms with Crippen LogP contribution in [0, 0.1) is 0 Å². The summed E-state index contributed by atoms with van der Waals surface area (Å²) in [5.41, 5.74) is 3.89. The average Bonchev–Trinajstić information content (AvgIpc) is 2.85. The molecule has 1 aliphatic heterocycles. The summed E-state index contributed by atoms with van der Waals surface area (Å²) in [5, 5.41) is 0. The van der Waals surface area contributed by atoms with Crippen molar-refractivity contribution in [3.8, 4) is 0 Å². The second-order valence-electron chi connectivity index (χ2n) is 8.34. The number of piperazine rings is 1. The van der Waals surface area contributed by atoms with Crippen molar-refractivity contribution in [2.45, 2.75) is 18.9 Å². The fraction of sp³-hybridized carbons (Fsp3) is 0.357. The zero-order valence-electron chi connectivity index (χ0n) is 18.8. The Morgan fingerprint density at radius 3 is 1.62 bits per heavy atom. The Labute approximate surface area is 199 Å². The number of aryl methyl sites for hydroxylation is 1. The molecule has 0 spiro atoms. The Balaban J connectivity index is 0.00000289. The summed E-state index contributed by atoms with van der Waals surface area (Å²) in [7, 11) is 0. The number of nitrogens with zero attached hydrogens (tertiary/aromatic N) is 2. The third kappa shape index (κ3) is 7.46. The van der Waals surface area contributed by atoms with Crippen molar-refractivity contribution in [2.24, 2.45) is 0 Å². The van der Waals surface area contributed by atoms with Gasteiger partial charge in [-0.05, 0) is 36.1 Å². The van der Waals surface area contributed by atoms with Crippen LogP contribution < -0.4 is 0 Å². The van der Waals surface area contributed by atoms with Crippen molar-refractivity contribution >= 4 is 12.4 Å². The van der Waals surface area contributed by atoms with E-state index in [0.717, 1.165) is 39.3 Å². The van der Waals surface area contributed by atoms with Crippen molar-refractivity contribution in [1.29, 1.82) is 0 Å². The Bertz CT molecular complexity index is 828. The second kappa shape index (κ2) is 13.4. The summed E-state index contributed by atoms with van der Waals surface area (Å²) in [6.07, 6.45) is 2.42. The number of hydrogen-bond donors (Lipinski definition) is 0. The zero-order chi connectivity index (χ0) is 21.1. The Morgan fingerprint density at radius 1 is 0.625 bits per heavy atom. The van der Waals surface area contributed by atoms with Crippen LogP contribution in [0.5, 0.6) is 0 Å². The highest BCUT2D eigenvalue weighted by Gasteiger charge is 2.18. The molecular weight excluding hydrogens is 416 g/mol. The number of hydrogen-bond acceptors (Lipinski definition) is 3. The SMILES string of the molecule is Cl.c1ccc(CCCN2CCN(CCOC(c3ccccc3)c3ccccc3)CC2)cc1. The minimum Gasteiger partial charge on any atom is -0.367 e. The first-order valence-electron chi connectivity index (χ1n) is 11.6. The maximum Gasteiger partial charge on any atom is 0.108 e. The van der Waals surface area contributed by atoms with Gasteiger partial charge in [-0.15, -0.1) is 12.4 Å². The molecule has 0 aromatic heterocycles. The van der Waals surface area contributed by atoms with Crippen LogP contribution in [0.15, 0.2) is 91.0 Å². The molecule has 4 rings (SSSR count). The monoisotopic (exact) mass is 450 g/mol. The van der Waals surface area contributed by atoms with Crippen LogP contribution in [-0.4, -0.2) is 55.7 Å². The lowest BCUT2D eigenvalue weighted by atomic mass is 10.0. The molecule has 0 aliphatic carbocycles. The molecule has 3 aromatic rings. The van der Waals surface area contributed by atoms with Gasteiger partial charge in [0.05, 0.1) is 6.61 Å². The summed E-state index contributed by atoms with van der Waals surface area (Å²) in [4.78, 5) is 5.15. The van der Waals surface area contributed by atoms with Crippen molar-refractivity contribution in [1.82, 2.24) is 9.80 Å². The van der Waals surface area contributed by atoms with Crippen LogP contribution in [0.4, 0.5) is 0 Å².